The molecule has 1 aromatic rings. The highest BCUT2D eigenvalue weighted by atomic mass is 19.1. The summed E-state index contributed by atoms with van der Waals surface area (Å²) >= 11 is 0. The maximum atomic E-state index is 13.3. The van der Waals surface area contributed by atoms with E-state index in [1.807, 2.05) is 20.8 Å². The molecule has 0 fully saturated rings. The van der Waals surface area contributed by atoms with Gasteiger partial charge in [-0.1, -0.05) is 26.8 Å². The van der Waals surface area contributed by atoms with E-state index in [9.17, 15) is 9.18 Å². The van der Waals surface area contributed by atoms with Gasteiger partial charge in [-0.25, -0.2) is 4.39 Å². The van der Waals surface area contributed by atoms with Crippen LogP contribution in [0.25, 0.3) is 0 Å². The van der Waals surface area contributed by atoms with E-state index in [0.29, 0.717) is 0 Å². The predicted molar refractivity (Wildman–Crippen MR) is 67.2 cm³/mol. The van der Waals surface area contributed by atoms with Crippen LogP contribution < -0.4 is 11.1 Å². The van der Waals surface area contributed by atoms with Gasteiger partial charge >= 0.3 is 0 Å². The number of hydrogen-bond donors (Lipinski definition) is 2. The quantitative estimate of drug-likeness (QED) is 0.841. The summed E-state index contributed by atoms with van der Waals surface area (Å²) in [5, 5.41) is 11.3. The Hall–Kier alpha value is -1.93. The van der Waals surface area contributed by atoms with E-state index in [0.717, 1.165) is 6.07 Å². The van der Waals surface area contributed by atoms with E-state index in [-0.39, 0.29) is 11.3 Å². The van der Waals surface area contributed by atoms with Crippen molar-refractivity contribution in [2.45, 2.75) is 26.8 Å². The summed E-state index contributed by atoms with van der Waals surface area (Å²) in [5.74, 6) is -1.11. The molecule has 0 heterocycles. The Morgan fingerprint density at radius 1 is 1.50 bits per heavy atom. The van der Waals surface area contributed by atoms with Crippen LogP contribution >= 0.6 is 0 Å². The van der Waals surface area contributed by atoms with Crippen LogP contribution in [0.15, 0.2) is 18.2 Å². The van der Waals surface area contributed by atoms with E-state index in [4.69, 9.17) is 11.0 Å². The van der Waals surface area contributed by atoms with Gasteiger partial charge in [-0.15, -0.1) is 0 Å². The summed E-state index contributed by atoms with van der Waals surface area (Å²) in [4.78, 5) is 11.9. The molecule has 1 aromatic carbocycles. The summed E-state index contributed by atoms with van der Waals surface area (Å²) < 4.78 is 13.3. The molecule has 96 valence electrons. The lowest BCUT2D eigenvalue weighted by molar-refractivity contribution is -0.119. The first-order valence-electron chi connectivity index (χ1n) is 5.52. The molecule has 18 heavy (non-hydrogen) atoms. The van der Waals surface area contributed by atoms with E-state index >= 15 is 0 Å². The van der Waals surface area contributed by atoms with Gasteiger partial charge in [0, 0.05) is 0 Å². The normalized spacial score (nSPS) is 12.7. The van der Waals surface area contributed by atoms with E-state index in [1.54, 1.807) is 6.07 Å². The van der Waals surface area contributed by atoms with Crippen LogP contribution in [0.1, 0.15) is 26.3 Å². The molecule has 1 amide bonds. The zero-order valence-corrected chi connectivity index (χ0v) is 10.6. The molecule has 0 spiro atoms. The van der Waals surface area contributed by atoms with Gasteiger partial charge in [0.05, 0.1) is 11.7 Å². The smallest absolute Gasteiger partial charge is 0.241 e. The largest absolute Gasteiger partial charge is 0.323 e. The van der Waals surface area contributed by atoms with Crippen molar-refractivity contribution < 1.29 is 9.18 Å². The molecule has 1 rings (SSSR count). The van der Waals surface area contributed by atoms with Gasteiger partial charge in [0.1, 0.15) is 17.4 Å². The highest BCUT2D eigenvalue weighted by molar-refractivity contribution is 5.96. The van der Waals surface area contributed by atoms with Crippen molar-refractivity contribution in [2.24, 2.45) is 11.1 Å². The monoisotopic (exact) mass is 249 g/mol. The first-order valence-corrected chi connectivity index (χ1v) is 5.52. The summed E-state index contributed by atoms with van der Waals surface area (Å²) in [6.45, 7) is 5.48. The lowest BCUT2D eigenvalue weighted by Gasteiger charge is -2.25. The summed E-state index contributed by atoms with van der Waals surface area (Å²) in [6, 6.07) is 5.03. The molecule has 0 aliphatic rings. The van der Waals surface area contributed by atoms with Gasteiger partial charge in [-0.3, -0.25) is 4.79 Å². The number of carbonyl (C=O) groups excluding carboxylic acids is 1. The minimum atomic E-state index is -0.743. The third-order valence-corrected chi connectivity index (χ3v) is 2.60. The Morgan fingerprint density at radius 3 is 2.61 bits per heavy atom. The minimum Gasteiger partial charge on any atom is -0.323 e. The van der Waals surface area contributed by atoms with Crippen molar-refractivity contribution in [1.29, 1.82) is 5.26 Å². The number of nitriles is 1. The molecule has 0 unspecified atom stereocenters. The number of rotatable bonds is 2. The molecule has 0 radical (unpaired) electrons. The zero-order chi connectivity index (χ0) is 13.9. The van der Waals surface area contributed by atoms with Crippen LogP contribution in [0.3, 0.4) is 0 Å². The molecule has 0 bridgehead atoms. The van der Waals surface area contributed by atoms with Gasteiger partial charge < -0.3 is 11.1 Å². The van der Waals surface area contributed by atoms with Crippen LogP contribution in [0.2, 0.25) is 0 Å². The summed E-state index contributed by atoms with van der Waals surface area (Å²) in [5.41, 5.74) is 5.32. The maximum Gasteiger partial charge on any atom is 0.241 e. The molecular weight excluding hydrogens is 233 g/mol. The minimum absolute atomic E-state index is 0.141. The number of amides is 1. The van der Waals surface area contributed by atoms with Crippen molar-refractivity contribution in [3.63, 3.8) is 0 Å². The molecule has 0 aliphatic carbocycles. The third-order valence-electron chi connectivity index (χ3n) is 2.60. The van der Waals surface area contributed by atoms with Crippen LogP contribution in [-0.4, -0.2) is 11.9 Å². The number of hydrogen-bond acceptors (Lipinski definition) is 3. The first kappa shape index (κ1) is 14.1. The second-order valence-corrected chi connectivity index (χ2v) is 5.11. The van der Waals surface area contributed by atoms with Gasteiger partial charge in [-0.05, 0) is 17.5 Å². The number of benzene rings is 1. The fraction of sp³-hybridized carbons (Fsp3) is 0.385. The van der Waals surface area contributed by atoms with Gasteiger partial charge in [0.2, 0.25) is 5.91 Å². The van der Waals surface area contributed by atoms with Crippen LogP contribution in [0.4, 0.5) is 10.1 Å². The van der Waals surface area contributed by atoms with Gasteiger partial charge in [0.25, 0.3) is 0 Å². The number of anilines is 1. The fourth-order valence-corrected chi connectivity index (χ4v) is 1.35. The van der Waals surface area contributed by atoms with Gasteiger partial charge in [0.15, 0.2) is 0 Å². The van der Waals surface area contributed by atoms with Crippen molar-refractivity contribution in [3.8, 4) is 6.07 Å². The van der Waals surface area contributed by atoms with Gasteiger partial charge in [-0.2, -0.15) is 5.26 Å². The maximum absolute atomic E-state index is 13.3. The molecule has 0 saturated heterocycles. The second-order valence-electron chi connectivity index (χ2n) is 5.11. The molecule has 5 heteroatoms. The summed E-state index contributed by atoms with van der Waals surface area (Å²) in [6.07, 6.45) is 0. The molecule has 0 saturated carbocycles. The molecule has 0 aromatic heterocycles. The standard InChI is InChI=1S/C13H16FN3O/c1-13(2,3)11(16)12(18)17-10-6-4-5-9(14)8(10)7-15/h4-6,11H,16H2,1-3H3,(H,17,18)/t11-/m1/s1. The highest BCUT2D eigenvalue weighted by Crippen LogP contribution is 2.21. The second kappa shape index (κ2) is 5.15. The Labute approximate surface area is 106 Å². The Balaban J connectivity index is 2.97. The van der Waals surface area contributed by atoms with Crippen LogP contribution in [0.5, 0.6) is 0 Å². The van der Waals surface area contributed by atoms with Crippen molar-refractivity contribution in [1.82, 2.24) is 0 Å². The first-order chi connectivity index (χ1) is 8.27. The topological polar surface area (TPSA) is 78.9 Å². The van der Waals surface area contributed by atoms with E-state index < -0.39 is 23.2 Å². The number of nitrogens with zero attached hydrogens (tertiary/aromatic N) is 1. The lowest BCUT2D eigenvalue weighted by atomic mass is 9.87. The summed E-state index contributed by atoms with van der Waals surface area (Å²) in [7, 11) is 0. The number of halogens is 1. The fourth-order valence-electron chi connectivity index (χ4n) is 1.35. The molecule has 1 atom stereocenters. The van der Waals surface area contributed by atoms with Crippen molar-refractivity contribution >= 4 is 11.6 Å². The molecule has 0 aliphatic heterocycles. The Kier molecular flexibility index (Phi) is 4.04. The number of nitrogens with two attached hydrogens (primary N) is 1. The number of nitrogens with one attached hydrogen (secondary N) is 1. The van der Waals surface area contributed by atoms with Crippen LogP contribution in [-0.2, 0) is 4.79 Å². The van der Waals surface area contributed by atoms with Crippen molar-refractivity contribution in [2.75, 3.05) is 5.32 Å². The molecule has 4 nitrogen and oxygen atoms in total. The molecular formula is C13H16FN3O. The zero-order valence-electron chi connectivity index (χ0n) is 10.6. The SMILES string of the molecule is CC(C)(C)[C@H](N)C(=O)Nc1cccc(F)c1C#N. The average molecular weight is 249 g/mol. The molecule has 3 N–H and O–H groups in total. The predicted octanol–water partition coefficient (Wildman–Crippen LogP) is 2.01. The Morgan fingerprint density at radius 2 is 2.11 bits per heavy atom. The van der Waals surface area contributed by atoms with Crippen molar-refractivity contribution in [3.05, 3.63) is 29.6 Å². The number of carbonyl (C=O) groups is 1. The average Bonchev–Trinajstić information content (AvgIpc) is 2.27. The van der Waals surface area contributed by atoms with E-state index in [2.05, 4.69) is 5.32 Å². The highest BCUT2D eigenvalue weighted by Gasteiger charge is 2.28. The van der Waals surface area contributed by atoms with Crippen LogP contribution in [0, 0.1) is 22.6 Å². The lowest BCUT2D eigenvalue weighted by Crippen LogP contribution is -2.45. The van der Waals surface area contributed by atoms with E-state index in [1.165, 1.54) is 12.1 Å². The Bertz CT molecular complexity index is 500. The third kappa shape index (κ3) is 3.05.